The van der Waals surface area contributed by atoms with Crippen molar-refractivity contribution >= 4 is 11.9 Å². The van der Waals surface area contributed by atoms with Crippen LogP contribution in [0.5, 0.6) is 0 Å². The van der Waals surface area contributed by atoms with Crippen LogP contribution in [0, 0.1) is 11.8 Å². The molecule has 3 rings (SSSR count). The second kappa shape index (κ2) is 9.18. The zero-order valence-electron chi connectivity index (χ0n) is 17.4. The number of anilines is 1. The molecule has 28 heavy (non-hydrogen) atoms. The Morgan fingerprint density at radius 2 is 1.71 bits per heavy atom. The van der Waals surface area contributed by atoms with Gasteiger partial charge in [-0.25, -0.2) is 9.97 Å². The number of piperidine rings is 1. The van der Waals surface area contributed by atoms with Crippen LogP contribution in [0.1, 0.15) is 63.6 Å². The predicted octanol–water partition coefficient (Wildman–Crippen LogP) is 4.33. The number of hydrogen-bond donors (Lipinski definition) is 1. The molecule has 1 aliphatic heterocycles. The lowest BCUT2D eigenvalue weighted by molar-refractivity contribution is -0.126. The normalized spacial score (nSPS) is 18.4. The van der Waals surface area contributed by atoms with Crippen LogP contribution in [0.4, 0.5) is 5.95 Å². The number of nitrogens with zero attached hydrogens (tertiary/aromatic N) is 3. The highest BCUT2D eigenvalue weighted by molar-refractivity contribution is 5.80. The Bertz CT molecular complexity index is 758. The molecule has 2 aromatic rings. The molecule has 150 valence electrons. The van der Waals surface area contributed by atoms with E-state index in [1.54, 1.807) is 12.4 Å². The highest BCUT2D eigenvalue weighted by atomic mass is 16.2. The fourth-order valence-corrected chi connectivity index (χ4v) is 3.82. The molecule has 1 aromatic heterocycles. The number of nitrogens with one attached hydrogen (secondary N) is 1. The molecule has 0 radical (unpaired) electrons. The Morgan fingerprint density at radius 1 is 1.07 bits per heavy atom. The van der Waals surface area contributed by atoms with Gasteiger partial charge >= 0.3 is 0 Å². The first-order valence-electron chi connectivity index (χ1n) is 10.4. The smallest absolute Gasteiger partial charge is 0.225 e. The second-order valence-corrected chi connectivity index (χ2v) is 8.39. The first-order valence-corrected chi connectivity index (χ1v) is 10.4. The third-order valence-electron chi connectivity index (χ3n) is 5.55. The number of aromatic nitrogens is 2. The van der Waals surface area contributed by atoms with Crippen LogP contribution in [0.3, 0.4) is 0 Å². The lowest BCUT2D eigenvalue weighted by Gasteiger charge is -2.33. The minimum atomic E-state index is -0.0336. The van der Waals surface area contributed by atoms with Gasteiger partial charge in [0.25, 0.3) is 0 Å². The van der Waals surface area contributed by atoms with Gasteiger partial charge in [0.2, 0.25) is 11.9 Å². The summed E-state index contributed by atoms with van der Waals surface area (Å²) in [5.74, 6) is 1.64. The number of carbonyl (C=O) groups is 1. The van der Waals surface area contributed by atoms with E-state index < -0.39 is 0 Å². The molecule has 5 nitrogen and oxygen atoms in total. The molecule has 0 unspecified atom stereocenters. The van der Waals surface area contributed by atoms with Crippen molar-refractivity contribution < 1.29 is 4.79 Å². The van der Waals surface area contributed by atoms with Crippen molar-refractivity contribution in [1.82, 2.24) is 15.3 Å². The van der Waals surface area contributed by atoms with E-state index in [4.69, 9.17) is 0 Å². The highest BCUT2D eigenvalue weighted by Gasteiger charge is 2.29. The van der Waals surface area contributed by atoms with Crippen LogP contribution in [-0.4, -0.2) is 29.0 Å². The van der Waals surface area contributed by atoms with Gasteiger partial charge < -0.3 is 10.2 Å². The molecule has 2 heterocycles. The van der Waals surface area contributed by atoms with Gasteiger partial charge in [-0.2, -0.15) is 0 Å². The van der Waals surface area contributed by atoms with Gasteiger partial charge in [0.15, 0.2) is 0 Å². The van der Waals surface area contributed by atoms with Crippen molar-refractivity contribution in [2.45, 2.75) is 52.5 Å². The zero-order chi connectivity index (χ0) is 20.1. The maximum Gasteiger partial charge on any atom is 0.225 e. The van der Waals surface area contributed by atoms with Crippen LogP contribution in [0.15, 0.2) is 42.7 Å². The molecule has 1 amide bonds. The van der Waals surface area contributed by atoms with Gasteiger partial charge in [-0.3, -0.25) is 4.79 Å². The summed E-state index contributed by atoms with van der Waals surface area (Å²) >= 11 is 0. The van der Waals surface area contributed by atoms with E-state index >= 15 is 0 Å². The van der Waals surface area contributed by atoms with Gasteiger partial charge in [-0.15, -0.1) is 0 Å². The maximum absolute atomic E-state index is 13.1. The molecular weight excluding hydrogens is 348 g/mol. The topological polar surface area (TPSA) is 58.1 Å². The summed E-state index contributed by atoms with van der Waals surface area (Å²) in [5, 5.41) is 3.32. The molecule has 1 aromatic carbocycles. The molecule has 2 atom stereocenters. The van der Waals surface area contributed by atoms with Crippen molar-refractivity contribution in [3.63, 3.8) is 0 Å². The summed E-state index contributed by atoms with van der Waals surface area (Å²) in [6.45, 7) is 10.3. The fraction of sp³-hybridized carbons (Fsp3) is 0.522. The minimum Gasteiger partial charge on any atom is -0.349 e. The van der Waals surface area contributed by atoms with Crippen molar-refractivity contribution in [2.24, 2.45) is 11.8 Å². The van der Waals surface area contributed by atoms with Crippen molar-refractivity contribution in [1.29, 1.82) is 0 Å². The summed E-state index contributed by atoms with van der Waals surface area (Å²) in [6, 6.07) is 10.5. The van der Waals surface area contributed by atoms with Crippen LogP contribution in [0.2, 0.25) is 0 Å². The maximum atomic E-state index is 13.1. The number of benzene rings is 1. The highest BCUT2D eigenvalue weighted by Crippen LogP contribution is 2.26. The van der Waals surface area contributed by atoms with Crippen LogP contribution >= 0.6 is 0 Å². The minimum absolute atomic E-state index is 0.0251. The molecule has 1 saturated heterocycles. The Hall–Kier alpha value is -2.43. The van der Waals surface area contributed by atoms with E-state index in [0.717, 1.165) is 19.4 Å². The summed E-state index contributed by atoms with van der Waals surface area (Å²) in [4.78, 5) is 23.9. The van der Waals surface area contributed by atoms with Gasteiger partial charge in [0.1, 0.15) is 0 Å². The van der Waals surface area contributed by atoms with Gasteiger partial charge in [-0.05, 0) is 41.9 Å². The Kier molecular flexibility index (Phi) is 6.65. The van der Waals surface area contributed by atoms with E-state index in [2.05, 4.69) is 72.1 Å². The Labute approximate surface area is 168 Å². The van der Waals surface area contributed by atoms with E-state index in [0.29, 0.717) is 24.3 Å². The average molecular weight is 381 g/mol. The SMILES string of the molecule is CC(C)c1ccc([C@H](NC(=O)[C@H]2CCCN(c3ncccn3)C2)C(C)C)cc1. The molecule has 1 aliphatic rings. The van der Waals surface area contributed by atoms with E-state index in [1.165, 1.54) is 11.1 Å². The summed E-state index contributed by atoms with van der Waals surface area (Å²) in [7, 11) is 0. The number of hydrogen-bond acceptors (Lipinski definition) is 4. The molecule has 0 aliphatic carbocycles. The number of carbonyl (C=O) groups excluding carboxylic acids is 1. The molecule has 1 fully saturated rings. The number of amides is 1. The summed E-state index contributed by atoms with van der Waals surface area (Å²) in [5.41, 5.74) is 2.50. The Morgan fingerprint density at radius 3 is 2.32 bits per heavy atom. The summed E-state index contributed by atoms with van der Waals surface area (Å²) in [6.07, 6.45) is 5.39. The molecule has 5 heteroatoms. The summed E-state index contributed by atoms with van der Waals surface area (Å²) < 4.78 is 0. The van der Waals surface area contributed by atoms with E-state index in [-0.39, 0.29) is 17.9 Å². The van der Waals surface area contributed by atoms with Gasteiger partial charge in [0, 0.05) is 25.5 Å². The van der Waals surface area contributed by atoms with Gasteiger partial charge in [0.05, 0.1) is 12.0 Å². The number of rotatable bonds is 6. The largest absolute Gasteiger partial charge is 0.349 e. The lowest BCUT2D eigenvalue weighted by atomic mass is 9.91. The molecular formula is C23H32N4O. The molecule has 0 saturated carbocycles. The van der Waals surface area contributed by atoms with Crippen molar-refractivity contribution in [3.8, 4) is 0 Å². The van der Waals surface area contributed by atoms with E-state index in [9.17, 15) is 4.79 Å². The van der Waals surface area contributed by atoms with E-state index in [1.807, 2.05) is 6.07 Å². The van der Waals surface area contributed by atoms with Crippen LogP contribution in [0.25, 0.3) is 0 Å². The van der Waals surface area contributed by atoms with Gasteiger partial charge in [-0.1, -0.05) is 52.0 Å². The second-order valence-electron chi connectivity index (χ2n) is 8.39. The molecule has 0 bridgehead atoms. The van der Waals surface area contributed by atoms with Crippen molar-refractivity contribution in [3.05, 3.63) is 53.9 Å². The third kappa shape index (κ3) is 4.89. The zero-order valence-corrected chi connectivity index (χ0v) is 17.4. The van der Waals surface area contributed by atoms with Crippen LogP contribution in [-0.2, 0) is 4.79 Å². The monoisotopic (exact) mass is 380 g/mol. The third-order valence-corrected chi connectivity index (χ3v) is 5.55. The first-order chi connectivity index (χ1) is 13.5. The molecule has 1 N–H and O–H groups in total. The average Bonchev–Trinajstić information content (AvgIpc) is 2.72. The standard InChI is InChI=1S/C23H32N4O/c1-16(2)18-8-10-19(11-9-18)21(17(3)4)26-22(28)20-7-5-14-27(15-20)23-24-12-6-13-25-23/h6,8-13,16-17,20-21H,5,7,14-15H2,1-4H3,(H,26,28)/t20-,21+/m0/s1. The fourth-order valence-electron chi connectivity index (χ4n) is 3.82. The molecule has 0 spiro atoms. The Balaban J connectivity index is 1.68. The van der Waals surface area contributed by atoms with Crippen molar-refractivity contribution in [2.75, 3.05) is 18.0 Å². The lowest BCUT2D eigenvalue weighted by Crippen LogP contribution is -2.45. The quantitative estimate of drug-likeness (QED) is 0.810. The predicted molar refractivity (Wildman–Crippen MR) is 113 cm³/mol. The first kappa shape index (κ1) is 20.3. The van der Waals surface area contributed by atoms with Crippen LogP contribution < -0.4 is 10.2 Å².